The molecule has 2 rings (SSSR count). The molecule has 1 aromatic carbocycles. The van der Waals surface area contributed by atoms with E-state index < -0.39 is 0 Å². The first kappa shape index (κ1) is 10.4. The molecule has 1 aromatic heterocycles. The average Bonchev–Trinajstić information content (AvgIpc) is 2.30. The summed E-state index contributed by atoms with van der Waals surface area (Å²) < 4.78 is 1.10. The molecule has 0 radical (unpaired) electrons. The zero-order valence-electron chi connectivity index (χ0n) is 8.57. The van der Waals surface area contributed by atoms with Gasteiger partial charge in [0.25, 0.3) is 0 Å². The van der Waals surface area contributed by atoms with Crippen molar-refractivity contribution < 1.29 is 0 Å². The van der Waals surface area contributed by atoms with Crippen molar-refractivity contribution in [2.45, 2.75) is 13.3 Å². The summed E-state index contributed by atoms with van der Waals surface area (Å²) in [6.07, 6.45) is 2.86. The van der Waals surface area contributed by atoms with Crippen LogP contribution in [0.15, 0.2) is 47.1 Å². The van der Waals surface area contributed by atoms with E-state index in [4.69, 9.17) is 0 Å². The van der Waals surface area contributed by atoms with Crippen LogP contribution in [0.25, 0.3) is 11.3 Å². The van der Waals surface area contributed by atoms with Crippen LogP contribution >= 0.6 is 15.9 Å². The fourth-order valence-corrected chi connectivity index (χ4v) is 1.86. The number of halogens is 1. The van der Waals surface area contributed by atoms with Gasteiger partial charge in [-0.2, -0.15) is 0 Å². The molecule has 0 unspecified atom stereocenters. The van der Waals surface area contributed by atoms with Crippen molar-refractivity contribution in [1.82, 2.24) is 4.98 Å². The van der Waals surface area contributed by atoms with E-state index in [1.165, 1.54) is 11.1 Å². The summed E-state index contributed by atoms with van der Waals surface area (Å²) in [7, 11) is 0. The minimum atomic E-state index is 1.01. The topological polar surface area (TPSA) is 12.9 Å². The van der Waals surface area contributed by atoms with Crippen LogP contribution in [-0.4, -0.2) is 4.98 Å². The molecule has 0 bridgehead atoms. The van der Waals surface area contributed by atoms with E-state index in [9.17, 15) is 0 Å². The first-order valence-electron chi connectivity index (χ1n) is 5.01. The Balaban J connectivity index is 2.49. The predicted octanol–water partition coefficient (Wildman–Crippen LogP) is 4.07. The summed E-state index contributed by atoms with van der Waals surface area (Å²) in [5.41, 5.74) is 3.56. The molecule has 0 spiro atoms. The number of nitrogens with zero attached hydrogens (tertiary/aromatic N) is 1. The van der Waals surface area contributed by atoms with E-state index in [-0.39, 0.29) is 0 Å². The van der Waals surface area contributed by atoms with Crippen LogP contribution in [0.2, 0.25) is 0 Å². The van der Waals surface area contributed by atoms with Gasteiger partial charge in [0.05, 0.1) is 5.69 Å². The third-order valence-electron chi connectivity index (χ3n) is 2.39. The molecule has 0 saturated heterocycles. The highest BCUT2D eigenvalue weighted by Gasteiger charge is 2.03. The third kappa shape index (κ3) is 2.26. The summed E-state index contributed by atoms with van der Waals surface area (Å²) in [4.78, 5) is 4.43. The second-order valence-corrected chi connectivity index (χ2v) is 4.29. The van der Waals surface area contributed by atoms with Crippen LogP contribution in [0.4, 0.5) is 0 Å². The lowest BCUT2D eigenvalue weighted by Gasteiger charge is -2.06. The van der Waals surface area contributed by atoms with Crippen molar-refractivity contribution in [1.29, 1.82) is 0 Å². The lowest BCUT2D eigenvalue weighted by atomic mass is 10.0. The Morgan fingerprint density at radius 1 is 1.13 bits per heavy atom. The third-order valence-corrected chi connectivity index (χ3v) is 2.92. The van der Waals surface area contributed by atoms with Crippen LogP contribution < -0.4 is 0 Å². The number of hydrogen-bond donors (Lipinski definition) is 0. The van der Waals surface area contributed by atoms with Crippen molar-refractivity contribution in [3.05, 3.63) is 52.6 Å². The molecule has 0 amide bonds. The fraction of sp³-hybridized carbons (Fsp3) is 0.154. The standard InChI is InChI=1S/C13H12BrN/c1-2-10-4-3-9-15-13(10)11-5-7-12(14)8-6-11/h3-9H,2H2,1H3. The van der Waals surface area contributed by atoms with Gasteiger partial charge in [0, 0.05) is 16.2 Å². The summed E-state index contributed by atoms with van der Waals surface area (Å²) in [5.74, 6) is 0. The van der Waals surface area contributed by atoms with Gasteiger partial charge in [-0.1, -0.05) is 41.1 Å². The lowest BCUT2D eigenvalue weighted by molar-refractivity contribution is 1.11. The largest absolute Gasteiger partial charge is 0.256 e. The monoisotopic (exact) mass is 261 g/mol. The van der Waals surface area contributed by atoms with E-state index in [1.54, 1.807) is 0 Å². The van der Waals surface area contributed by atoms with E-state index in [0.29, 0.717) is 0 Å². The van der Waals surface area contributed by atoms with Crippen LogP contribution in [0, 0.1) is 0 Å². The van der Waals surface area contributed by atoms with Crippen molar-refractivity contribution >= 4 is 15.9 Å². The molecule has 2 aromatic rings. The molecule has 2 heteroatoms. The summed E-state index contributed by atoms with van der Waals surface area (Å²) in [6.45, 7) is 2.15. The van der Waals surface area contributed by atoms with Gasteiger partial charge >= 0.3 is 0 Å². The molecule has 0 aliphatic heterocycles. The van der Waals surface area contributed by atoms with Gasteiger partial charge in [-0.3, -0.25) is 4.98 Å². The van der Waals surface area contributed by atoms with Crippen molar-refractivity contribution in [2.75, 3.05) is 0 Å². The molecule has 0 aliphatic carbocycles. The normalized spacial score (nSPS) is 10.3. The maximum absolute atomic E-state index is 4.43. The molecule has 0 saturated carbocycles. The molecular weight excluding hydrogens is 250 g/mol. The quantitative estimate of drug-likeness (QED) is 0.794. The number of hydrogen-bond acceptors (Lipinski definition) is 1. The van der Waals surface area contributed by atoms with Gasteiger partial charge < -0.3 is 0 Å². The van der Waals surface area contributed by atoms with Crippen LogP contribution in [0.5, 0.6) is 0 Å². The fourth-order valence-electron chi connectivity index (χ4n) is 1.59. The lowest BCUT2D eigenvalue weighted by Crippen LogP contribution is -1.90. The Bertz CT molecular complexity index is 448. The van der Waals surface area contributed by atoms with Gasteiger partial charge in [0.15, 0.2) is 0 Å². The number of benzene rings is 1. The minimum absolute atomic E-state index is 1.01. The predicted molar refractivity (Wildman–Crippen MR) is 66.8 cm³/mol. The Labute approximate surface area is 98.3 Å². The molecular formula is C13H12BrN. The number of pyridine rings is 1. The number of aromatic nitrogens is 1. The van der Waals surface area contributed by atoms with E-state index in [1.807, 2.05) is 24.4 Å². The zero-order valence-corrected chi connectivity index (χ0v) is 10.2. The van der Waals surface area contributed by atoms with Crippen LogP contribution in [-0.2, 0) is 6.42 Å². The average molecular weight is 262 g/mol. The van der Waals surface area contributed by atoms with Crippen molar-refractivity contribution in [2.24, 2.45) is 0 Å². The number of aryl methyl sites for hydroxylation is 1. The van der Waals surface area contributed by atoms with Gasteiger partial charge in [-0.15, -0.1) is 0 Å². The minimum Gasteiger partial charge on any atom is -0.256 e. The van der Waals surface area contributed by atoms with Crippen LogP contribution in [0.3, 0.4) is 0 Å². The van der Waals surface area contributed by atoms with E-state index >= 15 is 0 Å². The van der Waals surface area contributed by atoms with Crippen LogP contribution in [0.1, 0.15) is 12.5 Å². The van der Waals surface area contributed by atoms with Gasteiger partial charge in [0.1, 0.15) is 0 Å². The molecule has 0 atom stereocenters. The Kier molecular flexibility index (Phi) is 3.17. The molecule has 1 heterocycles. The highest BCUT2D eigenvalue weighted by Crippen LogP contribution is 2.23. The first-order valence-corrected chi connectivity index (χ1v) is 5.80. The molecule has 0 N–H and O–H groups in total. The summed E-state index contributed by atoms with van der Waals surface area (Å²) in [6, 6.07) is 12.4. The van der Waals surface area contributed by atoms with E-state index in [0.717, 1.165) is 16.6 Å². The molecule has 0 fully saturated rings. The zero-order chi connectivity index (χ0) is 10.7. The molecule has 0 aliphatic rings. The maximum Gasteiger partial charge on any atom is 0.0733 e. The van der Waals surface area contributed by atoms with Gasteiger partial charge in [-0.05, 0) is 30.2 Å². The second-order valence-electron chi connectivity index (χ2n) is 3.37. The Morgan fingerprint density at radius 2 is 1.87 bits per heavy atom. The van der Waals surface area contributed by atoms with E-state index in [2.05, 4.69) is 46.0 Å². The number of rotatable bonds is 2. The first-order chi connectivity index (χ1) is 7.31. The smallest absolute Gasteiger partial charge is 0.0733 e. The second kappa shape index (κ2) is 4.58. The molecule has 1 nitrogen and oxygen atoms in total. The summed E-state index contributed by atoms with van der Waals surface area (Å²) >= 11 is 3.43. The van der Waals surface area contributed by atoms with Crippen molar-refractivity contribution in [3.63, 3.8) is 0 Å². The Morgan fingerprint density at radius 3 is 2.53 bits per heavy atom. The molecule has 15 heavy (non-hydrogen) atoms. The summed E-state index contributed by atoms with van der Waals surface area (Å²) in [5, 5.41) is 0. The van der Waals surface area contributed by atoms with Gasteiger partial charge in [-0.25, -0.2) is 0 Å². The van der Waals surface area contributed by atoms with Crippen molar-refractivity contribution in [3.8, 4) is 11.3 Å². The Hall–Kier alpha value is -1.15. The molecule has 76 valence electrons. The highest BCUT2D eigenvalue weighted by atomic mass is 79.9. The maximum atomic E-state index is 4.43. The SMILES string of the molecule is CCc1cccnc1-c1ccc(Br)cc1. The van der Waals surface area contributed by atoms with Gasteiger partial charge in [0.2, 0.25) is 0 Å². The highest BCUT2D eigenvalue weighted by molar-refractivity contribution is 9.10.